The van der Waals surface area contributed by atoms with Crippen LogP contribution in [0.15, 0.2) is 0 Å². The molecule has 2 saturated heterocycles. The molecule has 0 unspecified atom stereocenters. The molecule has 1 spiro atoms. The Bertz CT molecular complexity index is 266. The first-order valence-corrected chi connectivity index (χ1v) is 6.70. The van der Waals surface area contributed by atoms with Crippen LogP contribution in [0.5, 0.6) is 0 Å². The van der Waals surface area contributed by atoms with E-state index in [2.05, 4.69) is 0 Å². The van der Waals surface area contributed by atoms with E-state index in [4.69, 9.17) is 9.47 Å². The largest absolute Gasteiger partial charge is 0.381 e. The van der Waals surface area contributed by atoms with Crippen LogP contribution in [0.25, 0.3) is 0 Å². The van der Waals surface area contributed by atoms with Crippen molar-refractivity contribution in [2.75, 3.05) is 39.2 Å². The van der Waals surface area contributed by atoms with Crippen LogP contribution in [0.4, 0.5) is 0 Å². The first-order chi connectivity index (χ1) is 7.69. The molecular weight excluding hydrogens is 226 g/mol. The number of amides is 1. The Hall–Kier alpha value is -0.260. The first kappa shape index (κ1) is 12.2. The number of likely N-dealkylation sites (tertiary alicyclic amines) is 1. The van der Waals surface area contributed by atoms with Crippen molar-refractivity contribution < 1.29 is 14.3 Å². The monoisotopic (exact) mass is 245 g/mol. The lowest BCUT2D eigenvalue weighted by molar-refractivity contribution is -0.141. The normalized spacial score (nSPS) is 27.1. The fourth-order valence-corrected chi connectivity index (χ4v) is 3.87. The minimum Gasteiger partial charge on any atom is -0.381 e. The van der Waals surface area contributed by atoms with Gasteiger partial charge in [-0.05, 0) is 13.3 Å². The molecule has 0 radical (unpaired) electrons. The van der Waals surface area contributed by atoms with Gasteiger partial charge in [-0.25, -0.2) is 0 Å². The molecule has 4 nitrogen and oxygen atoms in total. The number of hydrogen-bond donors (Lipinski definition) is 0. The van der Waals surface area contributed by atoms with Gasteiger partial charge in [0, 0.05) is 32.6 Å². The third-order valence-electron chi connectivity index (χ3n) is 3.25. The van der Waals surface area contributed by atoms with Gasteiger partial charge in [0.15, 0.2) is 0 Å². The molecule has 2 fully saturated rings. The summed E-state index contributed by atoms with van der Waals surface area (Å²) >= 11 is 1.95. The number of rotatable bonds is 4. The van der Waals surface area contributed by atoms with Gasteiger partial charge in [0.05, 0.1) is 10.9 Å². The predicted octanol–water partition coefficient (Wildman–Crippen LogP) is 0.756. The van der Waals surface area contributed by atoms with Gasteiger partial charge in [0.1, 0.15) is 6.61 Å². The Kier molecular flexibility index (Phi) is 3.77. The highest BCUT2D eigenvalue weighted by molar-refractivity contribution is 8.01. The maximum Gasteiger partial charge on any atom is 0.248 e. The van der Waals surface area contributed by atoms with E-state index in [1.165, 1.54) is 0 Å². The highest BCUT2D eigenvalue weighted by Crippen LogP contribution is 2.45. The molecule has 5 heteroatoms. The van der Waals surface area contributed by atoms with Gasteiger partial charge in [-0.1, -0.05) is 0 Å². The van der Waals surface area contributed by atoms with Crippen molar-refractivity contribution in [3.05, 3.63) is 0 Å². The number of carbonyl (C=O) groups is 1. The fourth-order valence-electron chi connectivity index (χ4n) is 2.28. The maximum absolute atomic E-state index is 11.6. The van der Waals surface area contributed by atoms with Gasteiger partial charge in [-0.3, -0.25) is 4.79 Å². The Balaban J connectivity index is 1.75. The lowest BCUT2D eigenvalue weighted by Crippen LogP contribution is -2.61. The van der Waals surface area contributed by atoms with Crippen molar-refractivity contribution in [1.82, 2.24) is 4.90 Å². The summed E-state index contributed by atoms with van der Waals surface area (Å²) in [7, 11) is 1.76. The van der Waals surface area contributed by atoms with Crippen molar-refractivity contribution in [1.29, 1.82) is 0 Å². The molecule has 2 heterocycles. The van der Waals surface area contributed by atoms with Crippen LogP contribution in [-0.4, -0.2) is 60.8 Å². The molecule has 0 saturated carbocycles. The van der Waals surface area contributed by atoms with Gasteiger partial charge < -0.3 is 14.4 Å². The molecular formula is C11H19NO3S. The van der Waals surface area contributed by atoms with Crippen molar-refractivity contribution in [3.63, 3.8) is 0 Å². The summed E-state index contributed by atoms with van der Waals surface area (Å²) in [5, 5.41) is 0. The molecule has 0 aromatic rings. The smallest absolute Gasteiger partial charge is 0.248 e. The van der Waals surface area contributed by atoms with E-state index in [0.29, 0.717) is 12.7 Å². The van der Waals surface area contributed by atoms with Crippen LogP contribution in [-0.2, 0) is 14.3 Å². The van der Waals surface area contributed by atoms with Crippen LogP contribution in [0.2, 0.25) is 0 Å². The van der Waals surface area contributed by atoms with Crippen molar-refractivity contribution in [2.24, 2.45) is 0 Å². The SMILES string of the molecule is CCOCC(=O)N1CC2(C[C@H](OC)CS2)C1. The summed E-state index contributed by atoms with van der Waals surface area (Å²) in [6.07, 6.45) is 1.45. The Morgan fingerprint density at radius 1 is 1.56 bits per heavy atom. The zero-order valence-corrected chi connectivity index (χ0v) is 10.7. The summed E-state index contributed by atoms with van der Waals surface area (Å²) in [5.74, 6) is 1.18. The van der Waals surface area contributed by atoms with Gasteiger partial charge in [0.25, 0.3) is 0 Å². The summed E-state index contributed by atoms with van der Waals surface area (Å²) in [4.78, 5) is 13.5. The minimum atomic E-state index is 0.119. The topological polar surface area (TPSA) is 38.8 Å². The number of carbonyl (C=O) groups excluding carboxylic acids is 1. The zero-order chi connectivity index (χ0) is 11.6. The van der Waals surface area contributed by atoms with E-state index in [9.17, 15) is 4.79 Å². The van der Waals surface area contributed by atoms with E-state index in [1.54, 1.807) is 7.11 Å². The molecule has 2 aliphatic heterocycles. The highest BCUT2D eigenvalue weighted by Gasteiger charge is 2.50. The quantitative estimate of drug-likeness (QED) is 0.733. The molecule has 2 rings (SSSR count). The molecule has 16 heavy (non-hydrogen) atoms. The van der Waals surface area contributed by atoms with Crippen LogP contribution < -0.4 is 0 Å². The molecule has 2 aliphatic rings. The van der Waals surface area contributed by atoms with E-state index in [0.717, 1.165) is 25.3 Å². The third-order valence-corrected chi connectivity index (χ3v) is 4.82. The van der Waals surface area contributed by atoms with Crippen LogP contribution in [0.1, 0.15) is 13.3 Å². The maximum atomic E-state index is 11.6. The van der Waals surface area contributed by atoms with Gasteiger partial charge in [-0.2, -0.15) is 0 Å². The summed E-state index contributed by atoms with van der Waals surface area (Å²) in [6, 6.07) is 0. The first-order valence-electron chi connectivity index (χ1n) is 5.71. The average molecular weight is 245 g/mol. The fraction of sp³-hybridized carbons (Fsp3) is 0.909. The van der Waals surface area contributed by atoms with Crippen molar-refractivity contribution >= 4 is 17.7 Å². The van der Waals surface area contributed by atoms with Crippen molar-refractivity contribution in [2.45, 2.75) is 24.2 Å². The standard InChI is InChI=1S/C11H19NO3S/c1-3-15-5-10(13)12-7-11(8-12)4-9(14-2)6-16-11/h9H,3-8H2,1-2H3/t9-/m0/s1. The summed E-state index contributed by atoms with van der Waals surface area (Å²) < 4.78 is 10.8. The van der Waals surface area contributed by atoms with E-state index >= 15 is 0 Å². The highest BCUT2D eigenvalue weighted by atomic mass is 32.2. The molecule has 1 amide bonds. The molecule has 0 aromatic carbocycles. The van der Waals surface area contributed by atoms with Crippen molar-refractivity contribution in [3.8, 4) is 0 Å². The van der Waals surface area contributed by atoms with Crippen LogP contribution in [0.3, 0.4) is 0 Å². The molecule has 0 aromatic heterocycles. The number of hydrogen-bond acceptors (Lipinski definition) is 4. The molecule has 0 N–H and O–H groups in total. The predicted molar refractivity (Wildman–Crippen MR) is 63.7 cm³/mol. The lowest BCUT2D eigenvalue weighted by atomic mass is 9.93. The second-order valence-electron chi connectivity index (χ2n) is 4.44. The van der Waals surface area contributed by atoms with Gasteiger partial charge in [-0.15, -0.1) is 11.8 Å². The lowest BCUT2D eigenvalue weighted by Gasteiger charge is -2.47. The molecule has 92 valence electrons. The third kappa shape index (κ3) is 2.36. The molecule has 0 aliphatic carbocycles. The minimum absolute atomic E-state index is 0.119. The molecule has 1 atom stereocenters. The number of methoxy groups -OCH3 is 1. The Morgan fingerprint density at radius 3 is 2.88 bits per heavy atom. The van der Waals surface area contributed by atoms with E-state index in [1.807, 2.05) is 23.6 Å². The summed E-state index contributed by atoms with van der Waals surface area (Å²) in [5.41, 5.74) is 0. The number of nitrogens with zero attached hydrogens (tertiary/aromatic N) is 1. The van der Waals surface area contributed by atoms with Gasteiger partial charge >= 0.3 is 0 Å². The number of ether oxygens (including phenoxy) is 2. The Labute approximate surface area is 101 Å². The second kappa shape index (κ2) is 4.94. The summed E-state index contributed by atoms with van der Waals surface area (Å²) in [6.45, 7) is 4.46. The second-order valence-corrected chi connectivity index (χ2v) is 5.93. The van der Waals surface area contributed by atoms with E-state index < -0.39 is 0 Å². The average Bonchev–Trinajstić information content (AvgIpc) is 2.68. The van der Waals surface area contributed by atoms with Gasteiger partial charge in [0.2, 0.25) is 5.91 Å². The zero-order valence-electron chi connectivity index (χ0n) is 9.90. The van der Waals surface area contributed by atoms with Crippen LogP contribution >= 0.6 is 11.8 Å². The van der Waals surface area contributed by atoms with E-state index in [-0.39, 0.29) is 17.3 Å². The van der Waals surface area contributed by atoms with Crippen LogP contribution in [0, 0.1) is 0 Å². The number of thioether (sulfide) groups is 1. The Morgan fingerprint density at radius 2 is 2.31 bits per heavy atom. The molecule has 0 bridgehead atoms.